The molecule has 164 valence electrons. The van der Waals surface area contributed by atoms with Crippen molar-refractivity contribution >= 4 is 11.7 Å². The average Bonchev–Trinajstić information content (AvgIpc) is 3.12. The van der Waals surface area contributed by atoms with Crippen LogP contribution >= 0.6 is 0 Å². The summed E-state index contributed by atoms with van der Waals surface area (Å²) in [7, 11) is 4.70. The minimum Gasteiger partial charge on any atom is -0.493 e. The van der Waals surface area contributed by atoms with Gasteiger partial charge < -0.3 is 19.9 Å². The Morgan fingerprint density at radius 2 is 1.66 bits per heavy atom. The number of nitrogens with two attached hydrogens (primary N) is 1. The van der Waals surface area contributed by atoms with Crippen LogP contribution in [0.15, 0.2) is 48.7 Å². The molecule has 0 saturated carbocycles. The van der Waals surface area contributed by atoms with Crippen molar-refractivity contribution in [3.05, 3.63) is 71.0 Å². The number of hydrogen-bond donors (Lipinski definition) is 1. The Labute approximate surface area is 186 Å². The molecule has 1 aliphatic carbocycles. The van der Waals surface area contributed by atoms with Crippen molar-refractivity contribution in [2.45, 2.75) is 18.8 Å². The average molecular weight is 432 g/mol. The monoisotopic (exact) mass is 432 g/mol. The fourth-order valence-electron chi connectivity index (χ4n) is 4.09. The molecule has 0 aliphatic heterocycles. The van der Waals surface area contributed by atoms with Gasteiger partial charge in [-0.1, -0.05) is 12.1 Å². The summed E-state index contributed by atoms with van der Waals surface area (Å²) in [6.07, 6.45) is 2.61. The van der Waals surface area contributed by atoms with E-state index in [2.05, 4.69) is 4.98 Å². The van der Waals surface area contributed by atoms with E-state index in [-0.39, 0.29) is 11.7 Å². The number of ketones is 1. The number of aromatic nitrogens is 1. The third kappa shape index (κ3) is 3.89. The van der Waals surface area contributed by atoms with Gasteiger partial charge in [-0.25, -0.2) is 0 Å². The fourth-order valence-corrected chi connectivity index (χ4v) is 4.09. The van der Waals surface area contributed by atoms with E-state index in [1.807, 2.05) is 30.3 Å². The maximum atomic E-state index is 12.8. The first-order valence-electron chi connectivity index (χ1n) is 10.2. The lowest BCUT2D eigenvalue weighted by atomic mass is 9.91. The summed E-state index contributed by atoms with van der Waals surface area (Å²) in [5.41, 5.74) is 10.1. The molecule has 0 fully saturated rings. The van der Waals surface area contributed by atoms with Crippen LogP contribution in [0.25, 0.3) is 11.1 Å². The highest BCUT2D eigenvalue weighted by molar-refractivity contribution is 5.93. The summed E-state index contributed by atoms with van der Waals surface area (Å²) >= 11 is 0. The zero-order chi connectivity index (χ0) is 22.8. The Morgan fingerprint density at radius 3 is 2.22 bits per heavy atom. The van der Waals surface area contributed by atoms with Crippen LogP contribution < -0.4 is 19.9 Å². The second-order valence-electron chi connectivity index (χ2n) is 7.63. The number of carbonyl (C=O) groups excluding carboxylic acids is 2. The van der Waals surface area contributed by atoms with Crippen LogP contribution in [0.3, 0.4) is 0 Å². The van der Waals surface area contributed by atoms with Gasteiger partial charge in [-0.05, 0) is 53.4 Å². The van der Waals surface area contributed by atoms with Crippen molar-refractivity contribution in [2.75, 3.05) is 21.3 Å². The van der Waals surface area contributed by atoms with Gasteiger partial charge >= 0.3 is 0 Å². The summed E-state index contributed by atoms with van der Waals surface area (Å²) < 4.78 is 16.3. The molecule has 3 aromatic rings. The van der Waals surface area contributed by atoms with Gasteiger partial charge in [0.1, 0.15) is 5.78 Å². The number of rotatable bonds is 7. The Kier molecular flexibility index (Phi) is 5.81. The van der Waals surface area contributed by atoms with Gasteiger partial charge in [-0.2, -0.15) is 0 Å². The second kappa shape index (κ2) is 8.70. The summed E-state index contributed by atoms with van der Waals surface area (Å²) in [6, 6.07) is 12.8. The molecule has 0 spiro atoms. The molecule has 1 unspecified atom stereocenters. The van der Waals surface area contributed by atoms with Crippen LogP contribution in [0.1, 0.15) is 33.1 Å². The van der Waals surface area contributed by atoms with Crippen LogP contribution in [0.4, 0.5) is 0 Å². The normalized spacial score (nSPS) is 14.7. The lowest BCUT2D eigenvalue weighted by Crippen LogP contribution is -2.12. The van der Waals surface area contributed by atoms with Gasteiger partial charge in [0.25, 0.3) is 0 Å². The van der Waals surface area contributed by atoms with E-state index in [0.717, 1.165) is 27.9 Å². The standard InChI is InChI=1S/C25H24N2O5/c1-30-22-10-16(11-23(31-2)24(22)32-3)17-9-18-19(21(28)12-20(18)27-13-17)8-14-4-6-15(7-5-14)25(26)29/h4-7,9-11,13,19H,8,12H2,1-3H3,(H2,26,29). The van der Waals surface area contributed by atoms with Gasteiger partial charge in [0, 0.05) is 29.7 Å². The van der Waals surface area contributed by atoms with Gasteiger partial charge in [-0.15, -0.1) is 0 Å². The number of hydrogen-bond acceptors (Lipinski definition) is 6. The number of amides is 1. The van der Waals surface area contributed by atoms with Crippen LogP contribution in [0.2, 0.25) is 0 Å². The molecule has 32 heavy (non-hydrogen) atoms. The van der Waals surface area contributed by atoms with Crippen molar-refractivity contribution in [1.82, 2.24) is 4.98 Å². The van der Waals surface area contributed by atoms with E-state index in [4.69, 9.17) is 19.9 Å². The van der Waals surface area contributed by atoms with E-state index in [1.54, 1.807) is 39.7 Å². The number of ether oxygens (including phenoxy) is 3. The molecular weight excluding hydrogens is 408 g/mol. The Balaban J connectivity index is 1.69. The first-order valence-corrected chi connectivity index (χ1v) is 10.2. The summed E-state index contributed by atoms with van der Waals surface area (Å²) in [5.74, 6) is 0.972. The highest BCUT2D eigenvalue weighted by atomic mass is 16.5. The predicted molar refractivity (Wildman–Crippen MR) is 119 cm³/mol. The second-order valence-corrected chi connectivity index (χ2v) is 7.63. The highest BCUT2D eigenvalue weighted by Gasteiger charge is 2.32. The number of pyridine rings is 1. The summed E-state index contributed by atoms with van der Waals surface area (Å²) in [4.78, 5) is 28.7. The molecule has 1 aromatic heterocycles. The third-order valence-corrected chi connectivity index (χ3v) is 5.79. The van der Waals surface area contributed by atoms with Gasteiger partial charge in [0.05, 0.1) is 27.0 Å². The summed E-state index contributed by atoms with van der Waals surface area (Å²) in [5, 5.41) is 0. The zero-order valence-electron chi connectivity index (χ0n) is 18.2. The first-order chi connectivity index (χ1) is 15.4. The lowest BCUT2D eigenvalue weighted by Gasteiger charge is -2.15. The molecule has 4 rings (SSSR count). The van der Waals surface area contributed by atoms with E-state index in [0.29, 0.717) is 35.7 Å². The first kappa shape index (κ1) is 21.4. The van der Waals surface area contributed by atoms with E-state index >= 15 is 0 Å². The van der Waals surface area contributed by atoms with Crippen LogP contribution in [0, 0.1) is 0 Å². The molecule has 2 N–H and O–H groups in total. The molecule has 1 aliphatic rings. The highest BCUT2D eigenvalue weighted by Crippen LogP contribution is 2.42. The van der Waals surface area contributed by atoms with Crippen molar-refractivity contribution in [3.8, 4) is 28.4 Å². The van der Waals surface area contributed by atoms with Crippen molar-refractivity contribution in [3.63, 3.8) is 0 Å². The summed E-state index contributed by atoms with van der Waals surface area (Å²) in [6.45, 7) is 0. The largest absolute Gasteiger partial charge is 0.493 e. The van der Waals surface area contributed by atoms with E-state index in [9.17, 15) is 9.59 Å². The predicted octanol–water partition coefficient (Wildman–Crippen LogP) is 3.32. The third-order valence-electron chi connectivity index (χ3n) is 5.79. The quantitative estimate of drug-likeness (QED) is 0.615. The Bertz CT molecular complexity index is 1160. The van der Waals surface area contributed by atoms with Crippen LogP contribution in [-0.2, 0) is 17.6 Å². The molecule has 7 nitrogen and oxygen atoms in total. The number of nitrogens with zero attached hydrogens (tertiary/aromatic N) is 1. The maximum absolute atomic E-state index is 12.8. The molecule has 1 atom stereocenters. The smallest absolute Gasteiger partial charge is 0.248 e. The fraction of sp³-hybridized carbons (Fsp3) is 0.240. The van der Waals surface area contributed by atoms with Crippen molar-refractivity contribution < 1.29 is 23.8 Å². The number of primary amides is 1. The zero-order valence-corrected chi connectivity index (χ0v) is 18.2. The topological polar surface area (TPSA) is 101 Å². The molecule has 7 heteroatoms. The van der Waals surface area contributed by atoms with Crippen molar-refractivity contribution in [1.29, 1.82) is 0 Å². The van der Waals surface area contributed by atoms with Gasteiger partial charge in [0.15, 0.2) is 11.5 Å². The molecule has 1 heterocycles. The van der Waals surface area contributed by atoms with Crippen molar-refractivity contribution in [2.24, 2.45) is 5.73 Å². The molecule has 0 radical (unpaired) electrons. The molecule has 0 saturated heterocycles. The van der Waals surface area contributed by atoms with E-state index in [1.165, 1.54) is 0 Å². The van der Waals surface area contributed by atoms with E-state index < -0.39 is 5.91 Å². The number of fused-ring (bicyclic) bond motifs is 1. The number of Topliss-reactive ketones (excluding diaryl/α,β-unsaturated/α-hetero) is 1. The Hall–Kier alpha value is -3.87. The molecule has 2 aromatic carbocycles. The number of benzene rings is 2. The number of methoxy groups -OCH3 is 3. The minimum atomic E-state index is -0.474. The van der Waals surface area contributed by atoms with Gasteiger partial charge in [0.2, 0.25) is 11.7 Å². The SMILES string of the molecule is COc1cc(-c2cnc3c(c2)C(Cc2ccc(C(N)=O)cc2)C(=O)C3)cc(OC)c1OC. The van der Waals surface area contributed by atoms with Gasteiger partial charge in [-0.3, -0.25) is 14.6 Å². The lowest BCUT2D eigenvalue weighted by molar-refractivity contribution is -0.119. The minimum absolute atomic E-state index is 0.133. The maximum Gasteiger partial charge on any atom is 0.248 e. The van der Waals surface area contributed by atoms with Crippen LogP contribution in [-0.4, -0.2) is 38.0 Å². The molecule has 0 bridgehead atoms. The van der Waals surface area contributed by atoms with Crippen LogP contribution in [0.5, 0.6) is 17.2 Å². The molecular formula is C25H24N2O5. The molecule has 1 amide bonds. The number of carbonyl (C=O) groups is 2. The Morgan fingerprint density at radius 1 is 1.00 bits per heavy atom.